The van der Waals surface area contributed by atoms with Crippen LogP contribution in [0, 0.1) is 42.4 Å². The molecule has 57 heavy (non-hydrogen) atoms. The smallest absolute Gasteiger partial charge is 0.0245 e. The van der Waals surface area contributed by atoms with E-state index in [-0.39, 0.29) is 0 Å². The summed E-state index contributed by atoms with van der Waals surface area (Å²) in [5, 5.41) is 0. The van der Waals surface area contributed by atoms with Crippen LogP contribution < -0.4 is 0 Å². The molecule has 2 fully saturated rings. The Bertz CT molecular complexity index is 1780. The predicted molar refractivity (Wildman–Crippen MR) is 248 cm³/mol. The van der Waals surface area contributed by atoms with Gasteiger partial charge in [-0.3, -0.25) is 0 Å². The number of hydrogen-bond acceptors (Lipinski definition) is 0. The summed E-state index contributed by atoms with van der Waals surface area (Å²) in [5.74, 6) is 16.6. The second-order valence-corrected chi connectivity index (χ2v) is 17.4. The van der Waals surface area contributed by atoms with Crippen molar-refractivity contribution in [2.75, 3.05) is 0 Å². The molecule has 0 N–H and O–H groups in total. The van der Waals surface area contributed by atoms with E-state index in [2.05, 4.69) is 148 Å². The van der Waals surface area contributed by atoms with Crippen LogP contribution in [0.15, 0.2) is 97.1 Å². The van der Waals surface area contributed by atoms with E-state index in [1.165, 1.54) is 173 Å². The maximum atomic E-state index is 3.56. The molecule has 0 heteroatoms. The molecule has 0 amide bonds. The van der Waals surface area contributed by atoms with Crippen molar-refractivity contribution in [2.24, 2.45) is 11.8 Å². The van der Waals surface area contributed by atoms with Crippen LogP contribution in [0.2, 0.25) is 0 Å². The summed E-state index contributed by atoms with van der Waals surface area (Å²) in [6.45, 7) is 8.93. The Morgan fingerprint density at radius 1 is 0.404 bits per heavy atom. The summed E-state index contributed by atoms with van der Waals surface area (Å²) in [5.41, 5.74) is 11.1. The third-order valence-corrected chi connectivity index (χ3v) is 12.7. The molecular formula is C57H74. The summed E-state index contributed by atoms with van der Waals surface area (Å²) in [6, 6.07) is 36.4. The summed E-state index contributed by atoms with van der Waals surface area (Å²) >= 11 is 0. The first-order chi connectivity index (χ1) is 28.0. The van der Waals surface area contributed by atoms with Gasteiger partial charge in [0.1, 0.15) is 0 Å². The van der Waals surface area contributed by atoms with E-state index in [1.807, 2.05) is 0 Å². The summed E-state index contributed by atoms with van der Waals surface area (Å²) < 4.78 is 0. The van der Waals surface area contributed by atoms with Gasteiger partial charge in [-0.1, -0.05) is 174 Å². The monoisotopic (exact) mass is 759 g/mol. The highest BCUT2D eigenvalue weighted by Gasteiger charge is 2.22. The number of hydrogen-bond donors (Lipinski definition) is 0. The fraction of sp³-hybridized carbons (Fsp3) is 0.509. The first-order valence-electron chi connectivity index (χ1n) is 23.4. The largest absolute Gasteiger partial charge is 0.0945 e. The Labute approximate surface area is 350 Å². The van der Waals surface area contributed by atoms with Gasteiger partial charge in [0.15, 0.2) is 0 Å². The Balaban J connectivity index is 0.000000218. The molecule has 0 aliphatic heterocycles. The molecule has 0 aromatic heterocycles. The van der Waals surface area contributed by atoms with Crippen LogP contribution in [0.25, 0.3) is 0 Å². The van der Waals surface area contributed by atoms with Crippen molar-refractivity contribution in [1.82, 2.24) is 0 Å². The summed E-state index contributed by atoms with van der Waals surface area (Å²) in [4.78, 5) is 0. The standard InChI is InChI=1S/C29H38.C28H36/c1-3-5-6-7-8-9-25-10-12-26(13-11-25)14-15-27-18-22-29(23-19-27)28-20-16-24(4-2)17-21-28;1-3-4-5-6-7-8-24-11-13-25(14-12-24)15-16-26-17-21-28(22-18-26)27-19-9-23(2)10-20-27/h10-13,16-17,20-21,27,29H,3-9,18-19,22-23H2,1-2H3;9-14,19-20,26,28H,3-8,17-18,21-22H2,1-2H3. The third kappa shape index (κ3) is 16.0. The minimum absolute atomic E-state index is 0.569. The highest BCUT2D eigenvalue weighted by Crippen LogP contribution is 2.37. The molecule has 0 heterocycles. The van der Waals surface area contributed by atoms with Gasteiger partial charge in [-0.05, 0) is 154 Å². The van der Waals surface area contributed by atoms with Crippen LogP contribution in [0.1, 0.15) is 193 Å². The van der Waals surface area contributed by atoms with Crippen LogP contribution in [-0.2, 0) is 19.3 Å². The molecule has 2 aliphatic rings. The highest BCUT2D eigenvalue weighted by atomic mass is 14.3. The summed E-state index contributed by atoms with van der Waals surface area (Å²) in [7, 11) is 0. The zero-order valence-electron chi connectivity index (χ0n) is 36.4. The highest BCUT2D eigenvalue weighted by molar-refractivity contribution is 5.38. The van der Waals surface area contributed by atoms with Gasteiger partial charge in [0, 0.05) is 23.0 Å². The van der Waals surface area contributed by atoms with E-state index in [9.17, 15) is 0 Å². The normalized spacial score (nSPS) is 18.9. The van der Waals surface area contributed by atoms with Crippen molar-refractivity contribution in [3.8, 4) is 23.7 Å². The third-order valence-electron chi connectivity index (χ3n) is 12.7. The van der Waals surface area contributed by atoms with E-state index in [0.717, 1.165) is 18.3 Å². The average molecular weight is 759 g/mol. The zero-order valence-corrected chi connectivity index (χ0v) is 36.4. The van der Waals surface area contributed by atoms with Gasteiger partial charge in [-0.2, -0.15) is 0 Å². The van der Waals surface area contributed by atoms with E-state index in [4.69, 9.17) is 0 Å². The van der Waals surface area contributed by atoms with Gasteiger partial charge >= 0.3 is 0 Å². The minimum atomic E-state index is 0.569. The van der Waals surface area contributed by atoms with Crippen LogP contribution in [0.5, 0.6) is 0 Å². The minimum Gasteiger partial charge on any atom is -0.0945 e. The number of rotatable bonds is 15. The predicted octanol–water partition coefficient (Wildman–Crippen LogP) is 15.9. The molecule has 4 aromatic carbocycles. The summed E-state index contributed by atoms with van der Waals surface area (Å²) in [6.07, 6.45) is 27.1. The van der Waals surface area contributed by atoms with Crippen molar-refractivity contribution in [3.05, 3.63) is 142 Å². The molecule has 0 unspecified atom stereocenters. The number of benzene rings is 4. The second-order valence-electron chi connectivity index (χ2n) is 17.4. The lowest BCUT2D eigenvalue weighted by molar-refractivity contribution is 0.384. The molecule has 0 radical (unpaired) electrons. The Kier molecular flexibility index (Phi) is 19.6. The number of aryl methyl sites for hydroxylation is 4. The Hall–Kier alpha value is -4.00. The quantitative estimate of drug-likeness (QED) is 0.0837. The van der Waals surface area contributed by atoms with Crippen LogP contribution in [0.3, 0.4) is 0 Å². The van der Waals surface area contributed by atoms with Crippen molar-refractivity contribution < 1.29 is 0 Å². The van der Waals surface area contributed by atoms with Gasteiger partial charge in [-0.25, -0.2) is 0 Å². The first kappa shape index (κ1) is 44.1. The molecule has 0 nitrogen and oxygen atoms in total. The molecule has 0 spiro atoms. The van der Waals surface area contributed by atoms with Crippen LogP contribution >= 0.6 is 0 Å². The van der Waals surface area contributed by atoms with Crippen molar-refractivity contribution >= 4 is 0 Å². The van der Waals surface area contributed by atoms with Gasteiger partial charge in [0.2, 0.25) is 0 Å². The molecular weight excluding hydrogens is 685 g/mol. The lowest BCUT2D eigenvalue weighted by Gasteiger charge is -2.26. The maximum Gasteiger partial charge on any atom is 0.0245 e. The Morgan fingerprint density at radius 2 is 0.772 bits per heavy atom. The lowest BCUT2D eigenvalue weighted by Crippen LogP contribution is -2.12. The SMILES string of the molecule is CCCCCCCc1ccc(C#CC2CCC(c3ccc(C)cc3)CC2)cc1.CCCCCCCc1ccc(C#CC2CCC(c3ccc(CC)cc3)CC2)cc1. The fourth-order valence-electron chi connectivity index (χ4n) is 8.75. The zero-order chi connectivity index (χ0) is 39.9. The molecule has 0 saturated heterocycles. The van der Waals surface area contributed by atoms with Gasteiger partial charge < -0.3 is 0 Å². The van der Waals surface area contributed by atoms with Crippen LogP contribution in [-0.4, -0.2) is 0 Å². The van der Waals surface area contributed by atoms with Gasteiger partial charge in [0.05, 0.1) is 0 Å². The van der Waals surface area contributed by atoms with Gasteiger partial charge in [0.25, 0.3) is 0 Å². The van der Waals surface area contributed by atoms with Crippen LogP contribution in [0.4, 0.5) is 0 Å². The molecule has 4 aromatic rings. The first-order valence-corrected chi connectivity index (χ1v) is 23.4. The molecule has 302 valence electrons. The molecule has 0 bridgehead atoms. The van der Waals surface area contributed by atoms with Crippen molar-refractivity contribution in [3.63, 3.8) is 0 Å². The lowest BCUT2D eigenvalue weighted by atomic mass is 9.79. The van der Waals surface area contributed by atoms with Crippen molar-refractivity contribution in [1.29, 1.82) is 0 Å². The second kappa shape index (κ2) is 25.4. The average Bonchev–Trinajstić information content (AvgIpc) is 3.26. The number of unbranched alkanes of at least 4 members (excludes halogenated alkanes) is 8. The van der Waals surface area contributed by atoms with E-state index >= 15 is 0 Å². The van der Waals surface area contributed by atoms with Crippen molar-refractivity contribution in [2.45, 2.75) is 174 Å². The van der Waals surface area contributed by atoms with E-state index < -0.39 is 0 Å². The molecule has 0 atom stereocenters. The Morgan fingerprint density at radius 3 is 1.16 bits per heavy atom. The van der Waals surface area contributed by atoms with E-state index in [1.54, 1.807) is 0 Å². The molecule has 2 aliphatic carbocycles. The topological polar surface area (TPSA) is 0 Å². The van der Waals surface area contributed by atoms with E-state index in [0.29, 0.717) is 11.8 Å². The van der Waals surface area contributed by atoms with Gasteiger partial charge in [-0.15, -0.1) is 0 Å². The maximum absolute atomic E-state index is 3.56. The fourth-order valence-corrected chi connectivity index (χ4v) is 8.75. The molecule has 2 saturated carbocycles. The molecule has 6 rings (SSSR count).